The van der Waals surface area contributed by atoms with Crippen LogP contribution in [0.5, 0.6) is 5.75 Å². The third kappa shape index (κ3) is 2.25. The lowest BCUT2D eigenvalue weighted by molar-refractivity contribution is 0.000629. The van der Waals surface area contributed by atoms with Gasteiger partial charge in [-0.15, -0.1) is 12.4 Å². The Hall–Kier alpha value is -0.770. The first kappa shape index (κ1) is 12.3. The fourth-order valence-corrected chi connectivity index (χ4v) is 1.88. The minimum Gasteiger partial charge on any atom is -0.508 e. The number of hydrogen-bond donors (Lipinski definition) is 2. The summed E-state index contributed by atoms with van der Waals surface area (Å²) < 4.78 is 5.65. The van der Waals surface area contributed by atoms with Gasteiger partial charge in [0.1, 0.15) is 11.5 Å². The van der Waals surface area contributed by atoms with Crippen molar-refractivity contribution < 1.29 is 9.84 Å². The van der Waals surface area contributed by atoms with Crippen molar-refractivity contribution in [3.63, 3.8) is 0 Å². The molecule has 15 heavy (non-hydrogen) atoms. The first-order valence-corrected chi connectivity index (χ1v) is 4.82. The van der Waals surface area contributed by atoms with Crippen molar-refractivity contribution in [2.24, 2.45) is 0 Å². The van der Waals surface area contributed by atoms with E-state index in [1.165, 1.54) is 0 Å². The topological polar surface area (TPSA) is 41.5 Å². The molecule has 1 aromatic rings. The largest absolute Gasteiger partial charge is 0.508 e. The number of para-hydroxylation sites is 1. The number of aromatic hydroxyl groups is 1. The van der Waals surface area contributed by atoms with E-state index < -0.39 is 5.72 Å². The van der Waals surface area contributed by atoms with E-state index in [0.29, 0.717) is 12.6 Å². The molecule has 2 atom stereocenters. The van der Waals surface area contributed by atoms with Crippen molar-refractivity contribution in [3.8, 4) is 5.75 Å². The predicted octanol–water partition coefficient (Wildman–Crippen LogP) is 2.00. The Morgan fingerprint density at radius 3 is 2.67 bits per heavy atom. The zero-order valence-corrected chi connectivity index (χ0v) is 9.67. The molecule has 1 aromatic carbocycles. The van der Waals surface area contributed by atoms with Gasteiger partial charge in [-0.2, -0.15) is 0 Å². The molecule has 2 rings (SSSR count). The maximum Gasteiger partial charge on any atom is 0.146 e. The van der Waals surface area contributed by atoms with Gasteiger partial charge >= 0.3 is 0 Å². The van der Waals surface area contributed by atoms with E-state index in [4.69, 9.17) is 4.74 Å². The number of rotatable bonds is 1. The maximum absolute atomic E-state index is 9.70. The van der Waals surface area contributed by atoms with Crippen LogP contribution in [0.15, 0.2) is 24.3 Å². The van der Waals surface area contributed by atoms with Crippen LogP contribution in [0.2, 0.25) is 0 Å². The van der Waals surface area contributed by atoms with Crippen LogP contribution in [-0.4, -0.2) is 17.8 Å². The lowest BCUT2D eigenvalue weighted by atomic mass is 10.0. The van der Waals surface area contributed by atoms with Gasteiger partial charge in [0.2, 0.25) is 0 Å². The quantitative estimate of drug-likeness (QED) is 0.774. The molecule has 1 aliphatic heterocycles. The Balaban J connectivity index is 0.00000112. The van der Waals surface area contributed by atoms with E-state index in [9.17, 15) is 5.11 Å². The number of hydrogen-bond acceptors (Lipinski definition) is 3. The predicted molar refractivity (Wildman–Crippen MR) is 61.3 cm³/mol. The molecule has 1 aliphatic rings. The molecule has 84 valence electrons. The van der Waals surface area contributed by atoms with Crippen LogP contribution in [0.4, 0.5) is 0 Å². The van der Waals surface area contributed by atoms with Crippen molar-refractivity contribution in [1.82, 2.24) is 5.32 Å². The summed E-state index contributed by atoms with van der Waals surface area (Å²) in [6.07, 6.45) is 0. The molecule has 0 aromatic heterocycles. The average Bonchev–Trinajstić information content (AvgIpc) is 2.48. The smallest absolute Gasteiger partial charge is 0.146 e. The number of phenols is 1. The highest BCUT2D eigenvalue weighted by Crippen LogP contribution is 2.33. The van der Waals surface area contributed by atoms with Crippen LogP contribution in [0, 0.1) is 0 Å². The summed E-state index contributed by atoms with van der Waals surface area (Å²) in [5.41, 5.74) is 0.245. The van der Waals surface area contributed by atoms with E-state index in [-0.39, 0.29) is 18.2 Å². The minimum atomic E-state index is -0.551. The fourth-order valence-electron chi connectivity index (χ4n) is 1.88. The second-order valence-corrected chi connectivity index (χ2v) is 3.91. The van der Waals surface area contributed by atoms with E-state index >= 15 is 0 Å². The third-order valence-corrected chi connectivity index (χ3v) is 2.56. The molecule has 4 heteroatoms. The van der Waals surface area contributed by atoms with E-state index in [1.54, 1.807) is 12.1 Å². The Kier molecular flexibility index (Phi) is 3.60. The van der Waals surface area contributed by atoms with Gasteiger partial charge in [0, 0.05) is 11.6 Å². The molecule has 2 N–H and O–H groups in total. The monoisotopic (exact) mass is 229 g/mol. The van der Waals surface area contributed by atoms with Crippen molar-refractivity contribution >= 4 is 12.4 Å². The summed E-state index contributed by atoms with van der Waals surface area (Å²) in [7, 11) is 0. The molecule has 0 bridgehead atoms. The van der Waals surface area contributed by atoms with Crippen LogP contribution < -0.4 is 5.32 Å². The molecule has 0 radical (unpaired) electrons. The van der Waals surface area contributed by atoms with Crippen LogP contribution in [0.25, 0.3) is 0 Å². The van der Waals surface area contributed by atoms with E-state index in [1.807, 2.05) is 19.1 Å². The molecule has 0 amide bonds. The average molecular weight is 230 g/mol. The minimum absolute atomic E-state index is 0. The molecule has 1 fully saturated rings. The molecule has 3 nitrogen and oxygen atoms in total. The summed E-state index contributed by atoms with van der Waals surface area (Å²) in [6.45, 7) is 4.67. The van der Waals surface area contributed by atoms with E-state index in [2.05, 4.69) is 12.2 Å². The van der Waals surface area contributed by atoms with Gasteiger partial charge in [-0.25, -0.2) is 0 Å². The molecule has 1 heterocycles. The fraction of sp³-hybridized carbons (Fsp3) is 0.455. The van der Waals surface area contributed by atoms with Gasteiger partial charge in [-0.1, -0.05) is 18.2 Å². The van der Waals surface area contributed by atoms with Gasteiger partial charge in [0.05, 0.1) is 6.61 Å². The van der Waals surface area contributed by atoms with Gasteiger partial charge < -0.3 is 9.84 Å². The van der Waals surface area contributed by atoms with Gasteiger partial charge in [-0.05, 0) is 19.9 Å². The highest BCUT2D eigenvalue weighted by atomic mass is 35.5. The van der Waals surface area contributed by atoms with Gasteiger partial charge in [0.15, 0.2) is 0 Å². The summed E-state index contributed by atoms with van der Waals surface area (Å²) in [4.78, 5) is 0. The highest BCUT2D eigenvalue weighted by molar-refractivity contribution is 5.85. The molecule has 2 unspecified atom stereocenters. The first-order valence-electron chi connectivity index (χ1n) is 4.82. The highest BCUT2D eigenvalue weighted by Gasteiger charge is 2.36. The van der Waals surface area contributed by atoms with Crippen molar-refractivity contribution in [1.29, 1.82) is 0 Å². The molecule has 0 aliphatic carbocycles. The second kappa shape index (κ2) is 4.39. The second-order valence-electron chi connectivity index (χ2n) is 3.91. The van der Waals surface area contributed by atoms with Crippen LogP contribution in [0.3, 0.4) is 0 Å². The molecular weight excluding hydrogens is 214 g/mol. The lowest BCUT2D eigenvalue weighted by Crippen LogP contribution is -2.37. The van der Waals surface area contributed by atoms with Crippen molar-refractivity contribution in [2.75, 3.05) is 6.61 Å². The molecular formula is C11H16ClNO2. The summed E-state index contributed by atoms with van der Waals surface area (Å²) >= 11 is 0. The molecule has 0 spiro atoms. The number of benzene rings is 1. The van der Waals surface area contributed by atoms with Crippen molar-refractivity contribution in [3.05, 3.63) is 29.8 Å². The Labute approximate surface area is 95.9 Å². The first-order chi connectivity index (χ1) is 6.62. The molecule has 1 saturated heterocycles. The summed E-state index contributed by atoms with van der Waals surface area (Å²) in [5, 5.41) is 13.0. The normalized spacial score (nSPS) is 29.9. The summed E-state index contributed by atoms with van der Waals surface area (Å²) in [6, 6.07) is 7.57. The number of phenolic OH excluding ortho intramolecular Hbond substituents is 1. The Morgan fingerprint density at radius 2 is 2.13 bits per heavy atom. The van der Waals surface area contributed by atoms with Crippen LogP contribution in [-0.2, 0) is 10.5 Å². The third-order valence-electron chi connectivity index (χ3n) is 2.56. The van der Waals surface area contributed by atoms with Gasteiger partial charge in [0.25, 0.3) is 0 Å². The molecule has 0 saturated carbocycles. The van der Waals surface area contributed by atoms with E-state index in [0.717, 1.165) is 5.56 Å². The number of halogens is 1. The maximum atomic E-state index is 9.70. The number of nitrogens with one attached hydrogen (secondary N) is 1. The number of ether oxygens (including phenoxy) is 1. The summed E-state index contributed by atoms with van der Waals surface area (Å²) in [5.74, 6) is 0.275. The lowest BCUT2D eigenvalue weighted by Gasteiger charge is -2.25. The SMILES string of the molecule is CC1COC(C)(c2ccccc2O)N1.Cl. The van der Waals surface area contributed by atoms with Crippen LogP contribution >= 0.6 is 12.4 Å². The van der Waals surface area contributed by atoms with Gasteiger partial charge in [-0.3, -0.25) is 5.32 Å². The Morgan fingerprint density at radius 1 is 1.47 bits per heavy atom. The Bertz CT molecular complexity index is 345. The van der Waals surface area contributed by atoms with Crippen molar-refractivity contribution in [2.45, 2.75) is 25.6 Å². The zero-order chi connectivity index (χ0) is 10.2. The van der Waals surface area contributed by atoms with Crippen LogP contribution in [0.1, 0.15) is 19.4 Å². The zero-order valence-electron chi connectivity index (χ0n) is 8.86. The standard InChI is InChI=1S/C11H15NO2.ClH/c1-8-7-14-11(2,12-8)9-5-3-4-6-10(9)13;/h3-6,8,12-13H,7H2,1-2H3;1H.